The van der Waals surface area contributed by atoms with Gasteiger partial charge in [-0.2, -0.15) is 0 Å². The number of carboxylic acid groups (broad SMARTS) is 1. The lowest BCUT2D eigenvalue weighted by Crippen LogP contribution is -2.29. The Hall–Kier alpha value is -3.20. The zero-order valence-corrected chi connectivity index (χ0v) is 16.6. The normalized spacial score (nSPS) is 13.8. The molecule has 1 aromatic carbocycles. The number of halogens is 3. The van der Waals surface area contributed by atoms with Crippen LogP contribution in [0.4, 0.5) is 13.2 Å². The molecule has 31 heavy (non-hydrogen) atoms. The van der Waals surface area contributed by atoms with Crippen LogP contribution in [0, 0.1) is 0 Å². The molecule has 1 N–H and O–H groups in total. The van der Waals surface area contributed by atoms with Crippen molar-refractivity contribution in [2.24, 2.45) is 0 Å². The first-order valence-corrected chi connectivity index (χ1v) is 9.78. The maximum absolute atomic E-state index is 13.2. The van der Waals surface area contributed by atoms with E-state index >= 15 is 0 Å². The van der Waals surface area contributed by atoms with Crippen molar-refractivity contribution < 1.29 is 27.8 Å². The van der Waals surface area contributed by atoms with E-state index in [0.29, 0.717) is 11.4 Å². The van der Waals surface area contributed by atoms with Crippen LogP contribution in [0.5, 0.6) is 0 Å². The number of fused-ring (bicyclic) bond motifs is 4. The van der Waals surface area contributed by atoms with E-state index in [1.807, 2.05) is 30.3 Å². The Balaban J connectivity index is 1.86. The summed E-state index contributed by atoms with van der Waals surface area (Å²) in [4.78, 5) is 29.7. The molecule has 162 valence electrons. The number of pyridine rings is 2. The maximum atomic E-state index is 13.2. The van der Waals surface area contributed by atoms with Gasteiger partial charge in [0, 0.05) is 22.9 Å². The van der Waals surface area contributed by atoms with E-state index in [4.69, 9.17) is 0 Å². The number of hydrogen-bond donors (Lipinski definition) is 1. The van der Waals surface area contributed by atoms with Crippen molar-refractivity contribution in [1.29, 1.82) is 0 Å². The smallest absolute Gasteiger partial charge is 0.481 e. The van der Waals surface area contributed by atoms with Gasteiger partial charge in [0.2, 0.25) is 0 Å². The molecule has 1 aliphatic heterocycles. The summed E-state index contributed by atoms with van der Waals surface area (Å²) < 4.78 is 42.6. The van der Waals surface area contributed by atoms with Crippen LogP contribution in [0.1, 0.15) is 36.0 Å². The first-order valence-electron chi connectivity index (χ1n) is 9.78. The molecule has 0 saturated carbocycles. The third kappa shape index (κ3) is 3.93. The first-order chi connectivity index (χ1) is 14.7. The molecule has 1 aliphatic rings. The van der Waals surface area contributed by atoms with Crippen molar-refractivity contribution in [2.45, 2.75) is 38.6 Å². The monoisotopic (exact) mass is 432 g/mol. The van der Waals surface area contributed by atoms with Crippen LogP contribution in [0.3, 0.4) is 0 Å². The van der Waals surface area contributed by atoms with E-state index in [-0.39, 0.29) is 30.5 Å². The maximum Gasteiger partial charge on any atom is 0.522 e. The van der Waals surface area contributed by atoms with E-state index in [9.17, 15) is 27.9 Å². The van der Waals surface area contributed by atoms with Crippen LogP contribution in [-0.2, 0) is 22.5 Å². The SMILES string of the molecule is CCC(C(=O)O)c1cc2n(c(=O)c1CCOC(F)(F)F)Cc1cc3ccccc3nc1-2. The highest BCUT2D eigenvalue weighted by Gasteiger charge is 2.32. The van der Waals surface area contributed by atoms with Gasteiger partial charge in [-0.25, -0.2) is 4.98 Å². The molecule has 6 nitrogen and oxygen atoms in total. The number of carbonyl (C=O) groups is 1. The average Bonchev–Trinajstić information content (AvgIpc) is 3.05. The zero-order chi connectivity index (χ0) is 22.3. The fourth-order valence-corrected chi connectivity index (χ4v) is 4.09. The molecule has 1 atom stereocenters. The van der Waals surface area contributed by atoms with Gasteiger partial charge in [0.25, 0.3) is 5.56 Å². The molecule has 0 fully saturated rings. The zero-order valence-electron chi connectivity index (χ0n) is 16.6. The molecular weight excluding hydrogens is 413 g/mol. The first kappa shape index (κ1) is 21.0. The van der Waals surface area contributed by atoms with Crippen molar-refractivity contribution in [3.05, 3.63) is 63.4 Å². The molecule has 0 radical (unpaired) electrons. The number of aliphatic carboxylic acids is 1. The molecule has 0 aliphatic carbocycles. The van der Waals surface area contributed by atoms with E-state index < -0.39 is 30.4 Å². The minimum Gasteiger partial charge on any atom is -0.481 e. The summed E-state index contributed by atoms with van der Waals surface area (Å²) in [5.41, 5.74) is 2.31. The van der Waals surface area contributed by atoms with E-state index in [0.717, 1.165) is 16.5 Å². The number of para-hydroxylation sites is 1. The van der Waals surface area contributed by atoms with Crippen molar-refractivity contribution in [3.63, 3.8) is 0 Å². The van der Waals surface area contributed by atoms with Gasteiger partial charge >= 0.3 is 12.3 Å². The summed E-state index contributed by atoms with van der Waals surface area (Å²) in [6, 6.07) is 11.0. The van der Waals surface area contributed by atoms with Crippen LogP contribution < -0.4 is 5.56 Å². The lowest BCUT2D eigenvalue weighted by atomic mass is 9.91. The molecule has 1 unspecified atom stereocenters. The minimum atomic E-state index is -4.83. The third-order valence-corrected chi connectivity index (χ3v) is 5.51. The van der Waals surface area contributed by atoms with Crippen LogP contribution in [0.2, 0.25) is 0 Å². The Morgan fingerprint density at radius 2 is 2.03 bits per heavy atom. The molecular formula is C22H19F3N2O4. The lowest BCUT2D eigenvalue weighted by Gasteiger charge is -2.18. The Kier molecular flexibility index (Phi) is 5.30. The number of hydrogen-bond acceptors (Lipinski definition) is 4. The summed E-state index contributed by atoms with van der Waals surface area (Å²) in [5.74, 6) is -2.17. The summed E-state index contributed by atoms with van der Waals surface area (Å²) in [6.45, 7) is 1.11. The number of nitrogens with zero attached hydrogens (tertiary/aromatic N) is 2. The van der Waals surface area contributed by atoms with Crippen LogP contribution >= 0.6 is 0 Å². The van der Waals surface area contributed by atoms with Crippen molar-refractivity contribution >= 4 is 16.9 Å². The molecule has 9 heteroatoms. The van der Waals surface area contributed by atoms with E-state index in [1.165, 1.54) is 4.57 Å². The highest BCUT2D eigenvalue weighted by Crippen LogP contribution is 2.35. The molecule has 0 saturated heterocycles. The van der Waals surface area contributed by atoms with Crippen LogP contribution in [0.25, 0.3) is 22.3 Å². The number of aromatic nitrogens is 2. The summed E-state index contributed by atoms with van der Waals surface area (Å²) >= 11 is 0. The van der Waals surface area contributed by atoms with Gasteiger partial charge in [0.05, 0.1) is 36.0 Å². The fourth-order valence-electron chi connectivity index (χ4n) is 4.09. The molecule has 0 bridgehead atoms. The summed E-state index contributed by atoms with van der Waals surface area (Å²) in [5, 5.41) is 10.5. The van der Waals surface area contributed by atoms with Gasteiger partial charge in [-0.05, 0) is 30.2 Å². The molecule has 2 aromatic heterocycles. The highest BCUT2D eigenvalue weighted by molar-refractivity contribution is 5.84. The van der Waals surface area contributed by atoms with Gasteiger partial charge in [-0.3, -0.25) is 14.3 Å². The second-order valence-electron chi connectivity index (χ2n) is 7.39. The summed E-state index contributed by atoms with van der Waals surface area (Å²) in [7, 11) is 0. The van der Waals surface area contributed by atoms with Crippen LogP contribution in [-0.4, -0.2) is 33.6 Å². The minimum absolute atomic E-state index is 0.0274. The van der Waals surface area contributed by atoms with Gasteiger partial charge in [-0.1, -0.05) is 25.1 Å². The average molecular weight is 432 g/mol. The number of rotatable bonds is 6. The number of carboxylic acids is 1. The third-order valence-electron chi connectivity index (χ3n) is 5.51. The Morgan fingerprint density at radius 3 is 2.71 bits per heavy atom. The second-order valence-corrected chi connectivity index (χ2v) is 7.39. The Morgan fingerprint density at radius 1 is 1.29 bits per heavy atom. The molecule has 0 amide bonds. The fraction of sp³-hybridized carbons (Fsp3) is 0.318. The molecule has 0 spiro atoms. The van der Waals surface area contributed by atoms with Crippen LogP contribution in [0.15, 0.2) is 41.2 Å². The predicted octanol–water partition coefficient (Wildman–Crippen LogP) is 4.08. The van der Waals surface area contributed by atoms with Gasteiger partial charge < -0.3 is 9.67 Å². The number of benzene rings is 1. The molecule has 3 heterocycles. The van der Waals surface area contributed by atoms with Gasteiger partial charge in [0.1, 0.15) is 0 Å². The number of alkyl halides is 3. The van der Waals surface area contributed by atoms with Crippen molar-refractivity contribution in [1.82, 2.24) is 9.55 Å². The predicted molar refractivity (Wildman–Crippen MR) is 107 cm³/mol. The Labute approximate surface area is 174 Å². The van der Waals surface area contributed by atoms with Crippen molar-refractivity contribution in [2.75, 3.05) is 6.61 Å². The Bertz CT molecular complexity index is 1230. The van der Waals surface area contributed by atoms with E-state index in [2.05, 4.69) is 9.72 Å². The van der Waals surface area contributed by atoms with Gasteiger partial charge in [0.15, 0.2) is 0 Å². The van der Waals surface area contributed by atoms with Crippen molar-refractivity contribution in [3.8, 4) is 11.4 Å². The van der Waals surface area contributed by atoms with Gasteiger partial charge in [-0.15, -0.1) is 13.2 Å². The summed E-state index contributed by atoms with van der Waals surface area (Å²) in [6.07, 6.45) is -4.99. The molecule has 4 rings (SSSR count). The molecule has 3 aromatic rings. The second kappa shape index (κ2) is 7.81. The highest BCUT2D eigenvalue weighted by atomic mass is 19.4. The quantitative estimate of drug-likeness (QED) is 0.497. The standard InChI is InChI=1S/C22H19F3N2O4/c1-2-14(21(29)30)16-10-18-19-13(9-12-5-3-4-6-17(12)26-19)11-27(18)20(28)15(16)7-8-31-22(23,24)25/h3-6,9-10,14H,2,7-8,11H2,1H3,(H,29,30). The topological polar surface area (TPSA) is 81.4 Å². The number of ether oxygens (including phenoxy) is 1. The largest absolute Gasteiger partial charge is 0.522 e. The lowest BCUT2D eigenvalue weighted by molar-refractivity contribution is -0.324. The van der Waals surface area contributed by atoms with E-state index in [1.54, 1.807) is 13.0 Å².